The molecule has 0 aliphatic carbocycles. The average molecular weight is 271 g/mol. The van der Waals surface area contributed by atoms with Crippen LogP contribution in [0.3, 0.4) is 0 Å². The van der Waals surface area contributed by atoms with E-state index in [0.29, 0.717) is 11.9 Å². The third-order valence-corrected chi connectivity index (χ3v) is 3.37. The number of pyridine rings is 1. The van der Waals surface area contributed by atoms with Crippen LogP contribution in [0.4, 0.5) is 11.5 Å². The standard InChI is InChI=1S/C11H15ClN4O2/c1-15-4-2-3-8(15)7-13-11-6-9(16(17)18)5-10(12)14-11/h5-6,8H,2-4,7H2,1H3,(H,13,14). The van der Waals surface area contributed by atoms with Crippen molar-refractivity contribution in [2.75, 3.05) is 25.5 Å². The number of anilines is 1. The van der Waals surface area contributed by atoms with Crippen LogP contribution in [0, 0.1) is 10.1 Å². The Morgan fingerprint density at radius 3 is 3.06 bits per heavy atom. The van der Waals surface area contributed by atoms with Crippen molar-refractivity contribution >= 4 is 23.1 Å². The maximum atomic E-state index is 10.7. The summed E-state index contributed by atoms with van der Waals surface area (Å²) in [6.07, 6.45) is 2.32. The molecule has 0 spiro atoms. The lowest BCUT2D eigenvalue weighted by Crippen LogP contribution is -2.31. The molecule has 18 heavy (non-hydrogen) atoms. The fraction of sp³-hybridized carbons (Fsp3) is 0.545. The first-order chi connectivity index (χ1) is 8.56. The van der Waals surface area contributed by atoms with Gasteiger partial charge in [-0.1, -0.05) is 11.6 Å². The molecule has 1 fully saturated rings. The Bertz CT molecular complexity index is 455. The number of nitrogens with zero attached hydrogens (tertiary/aromatic N) is 3. The van der Waals surface area contributed by atoms with Gasteiger partial charge in [0.15, 0.2) is 0 Å². The highest BCUT2D eigenvalue weighted by Crippen LogP contribution is 2.21. The Kier molecular flexibility index (Phi) is 3.98. The normalized spacial score (nSPS) is 20.0. The topological polar surface area (TPSA) is 71.3 Å². The van der Waals surface area contributed by atoms with E-state index in [1.54, 1.807) is 0 Å². The van der Waals surface area contributed by atoms with Crippen molar-refractivity contribution in [2.24, 2.45) is 0 Å². The van der Waals surface area contributed by atoms with E-state index in [4.69, 9.17) is 11.6 Å². The molecule has 0 bridgehead atoms. The smallest absolute Gasteiger partial charge is 0.276 e. The van der Waals surface area contributed by atoms with Gasteiger partial charge in [0.25, 0.3) is 5.69 Å². The zero-order valence-electron chi connectivity index (χ0n) is 10.1. The Hall–Kier alpha value is -1.40. The fourth-order valence-electron chi connectivity index (χ4n) is 2.14. The number of hydrogen-bond donors (Lipinski definition) is 1. The largest absolute Gasteiger partial charge is 0.368 e. The first-order valence-corrected chi connectivity index (χ1v) is 6.20. The van der Waals surface area contributed by atoms with Gasteiger partial charge in [-0.2, -0.15) is 0 Å². The minimum absolute atomic E-state index is 0.0442. The molecule has 1 aliphatic rings. The van der Waals surface area contributed by atoms with Crippen LogP contribution >= 0.6 is 11.6 Å². The Morgan fingerprint density at radius 2 is 2.44 bits per heavy atom. The molecule has 6 nitrogen and oxygen atoms in total. The maximum Gasteiger partial charge on any atom is 0.276 e. The molecule has 1 saturated heterocycles. The molecule has 0 amide bonds. The minimum atomic E-state index is -0.472. The zero-order valence-corrected chi connectivity index (χ0v) is 10.9. The van der Waals surface area contributed by atoms with Gasteiger partial charge in [-0.3, -0.25) is 10.1 Å². The average Bonchev–Trinajstić information content (AvgIpc) is 2.71. The fourth-order valence-corrected chi connectivity index (χ4v) is 2.34. The van der Waals surface area contributed by atoms with Gasteiger partial charge in [0.05, 0.1) is 17.1 Å². The number of likely N-dealkylation sites (tertiary alicyclic amines) is 1. The highest BCUT2D eigenvalue weighted by atomic mass is 35.5. The summed E-state index contributed by atoms with van der Waals surface area (Å²) < 4.78 is 0. The molecule has 2 rings (SSSR count). The summed E-state index contributed by atoms with van der Waals surface area (Å²) in [5.74, 6) is 0.453. The summed E-state index contributed by atoms with van der Waals surface area (Å²) in [5, 5.41) is 13.9. The summed E-state index contributed by atoms with van der Waals surface area (Å²) in [5.41, 5.74) is -0.0442. The van der Waals surface area contributed by atoms with E-state index < -0.39 is 4.92 Å². The van der Waals surface area contributed by atoms with E-state index in [0.717, 1.165) is 19.5 Å². The van der Waals surface area contributed by atoms with Crippen LogP contribution in [0.1, 0.15) is 12.8 Å². The second kappa shape index (κ2) is 5.49. The Labute approximate surface area is 110 Å². The van der Waals surface area contributed by atoms with E-state index in [1.165, 1.54) is 18.6 Å². The van der Waals surface area contributed by atoms with Crippen LogP contribution in [0.5, 0.6) is 0 Å². The number of hydrogen-bond acceptors (Lipinski definition) is 5. The van der Waals surface area contributed by atoms with Gasteiger partial charge < -0.3 is 10.2 Å². The van der Waals surface area contributed by atoms with Crippen molar-refractivity contribution in [3.8, 4) is 0 Å². The zero-order chi connectivity index (χ0) is 13.1. The van der Waals surface area contributed by atoms with Gasteiger partial charge in [-0.15, -0.1) is 0 Å². The van der Waals surface area contributed by atoms with Crippen molar-refractivity contribution in [2.45, 2.75) is 18.9 Å². The molecule has 1 unspecified atom stereocenters. The first-order valence-electron chi connectivity index (χ1n) is 5.82. The summed E-state index contributed by atoms with van der Waals surface area (Å²) >= 11 is 5.75. The van der Waals surface area contributed by atoms with E-state index >= 15 is 0 Å². The lowest BCUT2D eigenvalue weighted by atomic mass is 10.2. The van der Waals surface area contributed by atoms with Gasteiger partial charge in [-0.05, 0) is 26.4 Å². The Balaban J connectivity index is 2.02. The van der Waals surface area contributed by atoms with Gasteiger partial charge in [-0.25, -0.2) is 4.98 Å². The first kappa shape index (κ1) is 13.0. The number of halogens is 1. The van der Waals surface area contributed by atoms with E-state index in [9.17, 15) is 10.1 Å². The van der Waals surface area contributed by atoms with Crippen LogP contribution in [-0.4, -0.2) is 41.0 Å². The molecular weight excluding hydrogens is 256 g/mol. The molecule has 1 N–H and O–H groups in total. The van der Waals surface area contributed by atoms with Crippen molar-refractivity contribution in [3.05, 3.63) is 27.4 Å². The molecule has 7 heteroatoms. The summed E-state index contributed by atoms with van der Waals surface area (Å²) in [6.45, 7) is 1.82. The van der Waals surface area contributed by atoms with Gasteiger partial charge in [0.2, 0.25) is 0 Å². The number of likely N-dealkylation sites (N-methyl/N-ethyl adjacent to an activating group) is 1. The SMILES string of the molecule is CN1CCCC1CNc1cc([N+](=O)[O-])cc(Cl)n1. The summed E-state index contributed by atoms with van der Waals surface area (Å²) in [6, 6.07) is 3.10. The summed E-state index contributed by atoms with van der Waals surface area (Å²) in [7, 11) is 2.08. The second-order valence-electron chi connectivity index (χ2n) is 4.45. The van der Waals surface area contributed by atoms with Crippen molar-refractivity contribution in [1.29, 1.82) is 0 Å². The molecule has 0 radical (unpaired) electrons. The monoisotopic (exact) mass is 270 g/mol. The predicted octanol–water partition coefficient (Wildman–Crippen LogP) is 2.15. The lowest BCUT2D eigenvalue weighted by Gasteiger charge is -2.19. The second-order valence-corrected chi connectivity index (χ2v) is 4.84. The number of nitrogens with one attached hydrogen (secondary N) is 1. The predicted molar refractivity (Wildman–Crippen MR) is 70.0 cm³/mol. The third kappa shape index (κ3) is 3.08. The molecule has 1 atom stereocenters. The minimum Gasteiger partial charge on any atom is -0.368 e. The number of aromatic nitrogens is 1. The molecule has 1 aliphatic heterocycles. The van der Waals surface area contributed by atoms with Crippen molar-refractivity contribution in [3.63, 3.8) is 0 Å². The van der Waals surface area contributed by atoms with Crippen LogP contribution in [0.25, 0.3) is 0 Å². The highest BCUT2D eigenvalue weighted by molar-refractivity contribution is 6.29. The van der Waals surface area contributed by atoms with E-state index in [-0.39, 0.29) is 10.8 Å². The number of nitro groups is 1. The van der Waals surface area contributed by atoms with Gasteiger partial charge in [0.1, 0.15) is 11.0 Å². The molecule has 1 aromatic heterocycles. The van der Waals surface area contributed by atoms with Crippen LogP contribution in [-0.2, 0) is 0 Å². The van der Waals surface area contributed by atoms with Crippen LogP contribution in [0.2, 0.25) is 5.15 Å². The van der Waals surface area contributed by atoms with E-state index in [1.807, 2.05) is 0 Å². The summed E-state index contributed by atoms with van der Waals surface area (Å²) in [4.78, 5) is 16.5. The third-order valence-electron chi connectivity index (χ3n) is 3.18. The molecule has 1 aromatic rings. The van der Waals surface area contributed by atoms with Crippen LogP contribution < -0.4 is 5.32 Å². The lowest BCUT2D eigenvalue weighted by molar-refractivity contribution is -0.384. The molecule has 2 heterocycles. The van der Waals surface area contributed by atoms with Gasteiger partial charge >= 0.3 is 0 Å². The van der Waals surface area contributed by atoms with Crippen molar-refractivity contribution in [1.82, 2.24) is 9.88 Å². The van der Waals surface area contributed by atoms with E-state index in [2.05, 4.69) is 22.2 Å². The molecular formula is C11H15ClN4O2. The molecule has 0 aromatic carbocycles. The number of rotatable bonds is 4. The van der Waals surface area contributed by atoms with Crippen LogP contribution in [0.15, 0.2) is 12.1 Å². The quantitative estimate of drug-likeness (QED) is 0.516. The Morgan fingerprint density at radius 1 is 1.67 bits per heavy atom. The van der Waals surface area contributed by atoms with Crippen molar-refractivity contribution < 1.29 is 4.92 Å². The highest BCUT2D eigenvalue weighted by Gasteiger charge is 2.20. The van der Waals surface area contributed by atoms with Gasteiger partial charge in [0, 0.05) is 12.6 Å². The maximum absolute atomic E-state index is 10.7. The molecule has 0 saturated carbocycles. The molecule has 98 valence electrons.